The Bertz CT molecular complexity index is 458. The van der Waals surface area contributed by atoms with E-state index in [9.17, 15) is 14.9 Å². The van der Waals surface area contributed by atoms with Gasteiger partial charge in [0.25, 0.3) is 5.69 Å². The third-order valence-electron chi connectivity index (χ3n) is 2.21. The minimum absolute atomic E-state index is 0.00440. The molecule has 0 atom stereocenters. The summed E-state index contributed by atoms with van der Waals surface area (Å²) in [6.45, 7) is 6.04. The lowest BCUT2D eigenvalue weighted by atomic mass is 10.2. The van der Waals surface area contributed by atoms with Crippen LogP contribution in [0.3, 0.4) is 0 Å². The predicted molar refractivity (Wildman–Crippen MR) is 70.7 cm³/mol. The SMILES string of the molecule is CC(=O)Nc1ccc([N+](=O)[O-])c(NCC(C)C)c1. The molecule has 1 rings (SSSR count). The van der Waals surface area contributed by atoms with E-state index in [0.717, 1.165) is 0 Å². The molecular weight excluding hydrogens is 234 g/mol. The molecule has 0 aliphatic rings. The Hall–Kier alpha value is -2.11. The Morgan fingerprint density at radius 2 is 2.11 bits per heavy atom. The van der Waals surface area contributed by atoms with E-state index in [4.69, 9.17) is 0 Å². The summed E-state index contributed by atoms with van der Waals surface area (Å²) < 4.78 is 0. The maximum atomic E-state index is 10.9. The highest BCUT2D eigenvalue weighted by atomic mass is 16.6. The first kappa shape index (κ1) is 14.0. The Morgan fingerprint density at radius 1 is 1.44 bits per heavy atom. The standard InChI is InChI=1S/C12H17N3O3/c1-8(2)7-13-11-6-10(14-9(3)16)4-5-12(11)15(17)18/h4-6,8,13H,7H2,1-3H3,(H,14,16). The number of nitro groups is 1. The molecule has 0 aromatic heterocycles. The molecule has 0 bridgehead atoms. The summed E-state index contributed by atoms with van der Waals surface area (Å²) in [6.07, 6.45) is 0. The average molecular weight is 251 g/mol. The molecule has 1 amide bonds. The van der Waals surface area contributed by atoms with Crippen LogP contribution in [0.5, 0.6) is 0 Å². The molecule has 0 spiro atoms. The topological polar surface area (TPSA) is 84.3 Å². The van der Waals surface area contributed by atoms with Gasteiger partial charge in [-0.05, 0) is 18.1 Å². The van der Waals surface area contributed by atoms with E-state index < -0.39 is 4.92 Å². The molecule has 6 heteroatoms. The van der Waals surface area contributed by atoms with Gasteiger partial charge in [-0.3, -0.25) is 14.9 Å². The Morgan fingerprint density at radius 3 is 2.61 bits per heavy atom. The fraction of sp³-hybridized carbons (Fsp3) is 0.417. The molecule has 0 radical (unpaired) electrons. The van der Waals surface area contributed by atoms with Gasteiger partial charge in [0.2, 0.25) is 5.91 Å². The number of nitrogens with zero attached hydrogens (tertiary/aromatic N) is 1. The first-order chi connectivity index (χ1) is 8.40. The van der Waals surface area contributed by atoms with E-state index in [1.165, 1.54) is 19.1 Å². The molecule has 18 heavy (non-hydrogen) atoms. The first-order valence-corrected chi connectivity index (χ1v) is 5.70. The number of rotatable bonds is 5. The van der Waals surface area contributed by atoms with Crippen LogP contribution in [-0.4, -0.2) is 17.4 Å². The van der Waals surface area contributed by atoms with Crippen molar-refractivity contribution in [2.45, 2.75) is 20.8 Å². The first-order valence-electron chi connectivity index (χ1n) is 5.70. The lowest BCUT2D eigenvalue weighted by Crippen LogP contribution is -2.11. The quantitative estimate of drug-likeness (QED) is 0.622. The molecule has 1 aromatic rings. The molecule has 0 aliphatic carbocycles. The van der Waals surface area contributed by atoms with E-state index >= 15 is 0 Å². The van der Waals surface area contributed by atoms with Crippen molar-refractivity contribution in [3.05, 3.63) is 28.3 Å². The zero-order valence-corrected chi connectivity index (χ0v) is 10.7. The lowest BCUT2D eigenvalue weighted by Gasteiger charge is -2.11. The van der Waals surface area contributed by atoms with Gasteiger partial charge >= 0.3 is 0 Å². The molecule has 0 saturated heterocycles. The number of carbonyl (C=O) groups is 1. The van der Waals surface area contributed by atoms with E-state index in [0.29, 0.717) is 23.8 Å². The van der Waals surface area contributed by atoms with E-state index in [1.807, 2.05) is 13.8 Å². The van der Waals surface area contributed by atoms with Crippen LogP contribution in [0, 0.1) is 16.0 Å². The van der Waals surface area contributed by atoms with Crippen molar-refractivity contribution in [3.8, 4) is 0 Å². The minimum atomic E-state index is -0.444. The Balaban J connectivity index is 2.99. The van der Waals surface area contributed by atoms with Crippen LogP contribution in [-0.2, 0) is 4.79 Å². The molecule has 0 aliphatic heterocycles. The second-order valence-electron chi connectivity index (χ2n) is 4.44. The fourth-order valence-electron chi connectivity index (χ4n) is 1.43. The second-order valence-corrected chi connectivity index (χ2v) is 4.44. The van der Waals surface area contributed by atoms with Crippen LogP contribution in [0.15, 0.2) is 18.2 Å². The number of benzene rings is 1. The molecule has 0 heterocycles. The number of carbonyl (C=O) groups excluding carboxylic acids is 1. The van der Waals surface area contributed by atoms with Gasteiger partial charge in [0, 0.05) is 25.2 Å². The minimum Gasteiger partial charge on any atom is -0.379 e. The lowest BCUT2D eigenvalue weighted by molar-refractivity contribution is -0.383. The second kappa shape index (κ2) is 6.00. The van der Waals surface area contributed by atoms with Gasteiger partial charge < -0.3 is 10.6 Å². The monoisotopic (exact) mass is 251 g/mol. The Labute approximate surface area is 106 Å². The fourth-order valence-corrected chi connectivity index (χ4v) is 1.43. The molecule has 1 aromatic carbocycles. The molecule has 6 nitrogen and oxygen atoms in total. The third-order valence-corrected chi connectivity index (χ3v) is 2.21. The highest BCUT2D eigenvalue weighted by molar-refractivity contribution is 5.89. The highest BCUT2D eigenvalue weighted by Gasteiger charge is 2.14. The van der Waals surface area contributed by atoms with Crippen molar-refractivity contribution < 1.29 is 9.72 Å². The third kappa shape index (κ3) is 4.04. The number of nitrogens with one attached hydrogen (secondary N) is 2. The van der Waals surface area contributed by atoms with Crippen LogP contribution in [0.1, 0.15) is 20.8 Å². The van der Waals surface area contributed by atoms with Gasteiger partial charge in [-0.1, -0.05) is 13.8 Å². The summed E-state index contributed by atoms with van der Waals surface area (Å²) in [7, 11) is 0. The summed E-state index contributed by atoms with van der Waals surface area (Å²) in [4.78, 5) is 21.4. The van der Waals surface area contributed by atoms with Crippen molar-refractivity contribution in [2.75, 3.05) is 17.2 Å². The number of amides is 1. The van der Waals surface area contributed by atoms with Gasteiger partial charge in [0.05, 0.1) is 4.92 Å². The number of hydrogen-bond acceptors (Lipinski definition) is 4. The maximum Gasteiger partial charge on any atom is 0.292 e. The molecule has 0 saturated carbocycles. The van der Waals surface area contributed by atoms with Crippen LogP contribution in [0.2, 0.25) is 0 Å². The predicted octanol–water partition coefficient (Wildman–Crippen LogP) is 2.62. The number of hydrogen-bond donors (Lipinski definition) is 2. The summed E-state index contributed by atoms with van der Waals surface area (Å²) >= 11 is 0. The van der Waals surface area contributed by atoms with E-state index in [1.54, 1.807) is 6.07 Å². The van der Waals surface area contributed by atoms with Gasteiger partial charge in [0.15, 0.2) is 0 Å². The average Bonchev–Trinajstić information content (AvgIpc) is 2.25. The zero-order chi connectivity index (χ0) is 13.7. The molecule has 98 valence electrons. The summed E-state index contributed by atoms with van der Waals surface area (Å²) in [6, 6.07) is 4.47. The molecule has 0 fully saturated rings. The van der Waals surface area contributed by atoms with Crippen LogP contribution in [0.4, 0.5) is 17.1 Å². The van der Waals surface area contributed by atoms with Gasteiger partial charge in [-0.2, -0.15) is 0 Å². The van der Waals surface area contributed by atoms with E-state index in [-0.39, 0.29) is 11.6 Å². The van der Waals surface area contributed by atoms with Crippen LogP contribution < -0.4 is 10.6 Å². The summed E-state index contributed by atoms with van der Waals surface area (Å²) in [5.74, 6) is 0.160. The smallest absolute Gasteiger partial charge is 0.292 e. The highest BCUT2D eigenvalue weighted by Crippen LogP contribution is 2.27. The van der Waals surface area contributed by atoms with Crippen molar-refractivity contribution in [1.29, 1.82) is 0 Å². The van der Waals surface area contributed by atoms with Crippen molar-refractivity contribution in [3.63, 3.8) is 0 Å². The summed E-state index contributed by atoms with van der Waals surface area (Å²) in [5, 5.41) is 16.5. The van der Waals surface area contributed by atoms with Crippen LogP contribution >= 0.6 is 0 Å². The van der Waals surface area contributed by atoms with Crippen LogP contribution in [0.25, 0.3) is 0 Å². The van der Waals surface area contributed by atoms with Gasteiger partial charge in [-0.25, -0.2) is 0 Å². The van der Waals surface area contributed by atoms with Gasteiger partial charge in [-0.15, -0.1) is 0 Å². The Kier molecular flexibility index (Phi) is 4.65. The normalized spacial score (nSPS) is 10.2. The molecular formula is C12H17N3O3. The number of nitro benzene ring substituents is 1. The maximum absolute atomic E-state index is 10.9. The zero-order valence-electron chi connectivity index (χ0n) is 10.7. The van der Waals surface area contributed by atoms with E-state index in [2.05, 4.69) is 10.6 Å². The van der Waals surface area contributed by atoms with Crippen molar-refractivity contribution in [1.82, 2.24) is 0 Å². The van der Waals surface area contributed by atoms with Gasteiger partial charge in [0.1, 0.15) is 5.69 Å². The summed E-state index contributed by atoms with van der Waals surface area (Å²) in [5.41, 5.74) is 0.962. The van der Waals surface area contributed by atoms with Crippen molar-refractivity contribution >= 4 is 23.0 Å². The molecule has 2 N–H and O–H groups in total. The number of anilines is 2. The molecule has 0 unspecified atom stereocenters. The van der Waals surface area contributed by atoms with Crippen molar-refractivity contribution in [2.24, 2.45) is 5.92 Å². The largest absolute Gasteiger partial charge is 0.379 e.